The third-order valence-corrected chi connectivity index (χ3v) is 4.67. The number of rotatable bonds is 3. The van der Waals surface area contributed by atoms with Crippen molar-refractivity contribution >= 4 is 17.4 Å². The Bertz CT molecular complexity index is 435. The summed E-state index contributed by atoms with van der Waals surface area (Å²) in [6.45, 7) is 2.25. The molecular formula is C15H22ClN3. The van der Waals surface area contributed by atoms with Gasteiger partial charge in [-0.15, -0.1) is 11.6 Å². The zero-order chi connectivity index (χ0) is 13.1. The topological polar surface area (TPSA) is 29.0 Å². The molecule has 0 spiro atoms. The second kappa shape index (κ2) is 6.08. The number of nitrogens with zero attached hydrogens (tertiary/aromatic N) is 3. The molecule has 4 heteroatoms. The summed E-state index contributed by atoms with van der Waals surface area (Å²) in [5.41, 5.74) is 2.72. The Kier molecular flexibility index (Phi) is 4.21. The van der Waals surface area contributed by atoms with Crippen molar-refractivity contribution in [2.75, 3.05) is 23.9 Å². The molecule has 1 aliphatic heterocycles. The van der Waals surface area contributed by atoms with E-state index in [2.05, 4.69) is 14.9 Å². The first kappa shape index (κ1) is 13.2. The molecule has 3 nitrogen and oxygen atoms in total. The molecule has 2 aliphatic rings. The van der Waals surface area contributed by atoms with E-state index in [4.69, 9.17) is 11.6 Å². The number of alkyl halides is 1. The molecule has 1 fully saturated rings. The Hall–Kier alpha value is -0.830. The van der Waals surface area contributed by atoms with Gasteiger partial charge in [-0.2, -0.15) is 0 Å². The van der Waals surface area contributed by atoms with E-state index in [-0.39, 0.29) is 0 Å². The van der Waals surface area contributed by atoms with Gasteiger partial charge in [-0.05, 0) is 44.4 Å². The van der Waals surface area contributed by atoms with Crippen LogP contribution in [0.25, 0.3) is 0 Å². The molecule has 0 N–H and O–H groups in total. The van der Waals surface area contributed by atoms with Gasteiger partial charge in [0.05, 0.1) is 0 Å². The van der Waals surface area contributed by atoms with Gasteiger partial charge in [-0.3, -0.25) is 0 Å². The molecule has 2 heterocycles. The van der Waals surface area contributed by atoms with Gasteiger partial charge in [0.2, 0.25) is 0 Å². The summed E-state index contributed by atoms with van der Waals surface area (Å²) >= 11 is 5.87. The van der Waals surface area contributed by atoms with Gasteiger partial charge in [0.1, 0.15) is 12.1 Å². The molecule has 0 amide bonds. The third kappa shape index (κ3) is 2.86. The fourth-order valence-electron chi connectivity index (χ4n) is 3.37. The van der Waals surface area contributed by atoms with Gasteiger partial charge in [0, 0.05) is 30.2 Å². The van der Waals surface area contributed by atoms with Crippen molar-refractivity contribution in [2.45, 2.75) is 44.9 Å². The zero-order valence-corrected chi connectivity index (χ0v) is 12.2. The number of aromatic nitrogens is 2. The van der Waals surface area contributed by atoms with Gasteiger partial charge in [0.15, 0.2) is 0 Å². The van der Waals surface area contributed by atoms with Crippen molar-refractivity contribution in [1.29, 1.82) is 0 Å². The number of halogens is 1. The van der Waals surface area contributed by atoms with Crippen LogP contribution in [0.5, 0.6) is 0 Å². The van der Waals surface area contributed by atoms with Gasteiger partial charge in [-0.1, -0.05) is 6.42 Å². The van der Waals surface area contributed by atoms with Crippen molar-refractivity contribution in [3.63, 3.8) is 0 Å². The van der Waals surface area contributed by atoms with E-state index in [0.717, 1.165) is 44.1 Å². The fraction of sp³-hybridized carbons (Fsp3) is 0.733. The van der Waals surface area contributed by atoms with E-state index in [1.165, 1.54) is 42.8 Å². The van der Waals surface area contributed by atoms with Crippen LogP contribution in [0, 0.1) is 5.92 Å². The highest BCUT2D eigenvalue weighted by Gasteiger charge is 2.26. The summed E-state index contributed by atoms with van der Waals surface area (Å²) < 4.78 is 0. The minimum Gasteiger partial charge on any atom is -0.356 e. The predicted molar refractivity (Wildman–Crippen MR) is 78.9 cm³/mol. The van der Waals surface area contributed by atoms with Gasteiger partial charge < -0.3 is 4.90 Å². The Morgan fingerprint density at radius 3 is 3.00 bits per heavy atom. The minimum atomic E-state index is 0.744. The average Bonchev–Trinajstić information content (AvgIpc) is 2.75. The van der Waals surface area contributed by atoms with Crippen LogP contribution in [-0.4, -0.2) is 28.9 Å². The average molecular weight is 280 g/mol. The molecule has 3 rings (SSSR count). The monoisotopic (exact) mass is 279 g/mol. The first-order valence-electron chi connectivity index (χ1n) is 7.52. The quantitative estimate of drug-likeness (QED) is 0.628. The summed E-state index contributed by atoms with van der Waals surface area (Å²) in [6, 6.07) is 0. The van der Waals surface area contributed by atoms with E-state index < -0.39 is 0 Å². The molecule has 0 saturated carbocycles. The van der Waals surface area contributed by atoms with Crippen molar-refractivity contribution in [2.24, 2.45) is 5.92 Å². The second-order valence-electron chi connectivity index (χ2n) is 5.76. The Morgan fingerprint density at radius 2 is 2.11 bits per heavy atom. The van der Waals surface area contributed by atoms with E-state index in [0.29, 0.717) is 0 Å². The van der Waals surface area contributed by atoms with Crippen LogP contribution in [0.3, 0.4) is 0 Å². The lowest BCUT2D eigenvalue weighted by molar-refractivity contribution is 0.572. The Labute approximate surface area is 120 Å². The molecule has 1 atom stereocenters. The van der Waals surface area contributed by atoms with Crippen molar-refractivity contribution in [3.05, 3.63) is 17.6 Å². The van der Waals surface area contributed by atoms with E-state index >= 15 is 0 Å². The summed E-state index contributed by atoms with van der Waals surface area (Å²) in [5.74, 6) is 2.73. The molecule has 1 aliphatic carbocycles. The van der Waals surface area contributed by atoms with Gasteiger partial charge in [0.25, 0.3) is 0 Å². The Morgan fingerprint density at radius 1 is 1.21 bits per heavy atom. The molecule has 0 radical (unpaired) electrons. The van der Waals surface area contributed by atoms with Crippen molar-refractivity contribution in [3.8, 4) is 0 Å². The van der Waals surface area contributed by atoms with Gasteiger partial charge >= 0.3 is 0 Å². The third-order valence-electron chi connectivity index (χ3n) is 4.45. The number of aryl methyl sites for hydroxylation is 1. The summed E-state index contributed by atoms with van der Waals surface area (Å²) in [7, 11) is 0. The van der Waals surface area contributed by atoms with Crippen LogP contribution in [0.1, 0.15) is 43.4 Å². The minimum absolute atomic E-state index is 0.744. The molecule has 1 aromatic heterocycles. The van der Waals surface area contributed by atoms with Crippen LogP contribution in [0.2, 0.25) is 0 Å². The normalized spacial score (nSPS) is 23.2. The predicted octanol–water partition coefficient (Wildman–Crippen LogP) is 3.20. The first-order valence-corrected chi connectivity index (χ1v) is 8.05. The molecule has 1 aromatic rings. The smallest absolute Gasteiger partial charge is 0.135 e. The summed E-state index contributed by atoms with van der Waals surface area (Å²) in [5, 5.41) is 0. The van der Waals surface area contributed by atoms with E-state index in [1.54, 1.807) is 6.33 Å². The molecule has 1 saturated heterocycles. The number of fused-ring (bicyclic) bond motifs is 1. The molecule has 104 valence electrons. The molecule has 19 heavy (non-hydrogen) atoms. The van der Waals surface area contributed by atoms with Crippen LogP contribution in [-0.2, 0) is 12.8 Å². The Balaban J connectivity index is 1.81. The maximum absolute atomic E-state index is 5.87. The number of anilines is 1. The first-order chi connectivity index (χ1) is 9.38. The van der Waals surface area contributed by atoms with Crippen molar-refractivity contribution < 1.29 is 0 Å². The lowest BCUT2D eigenvalue weighted by Gasteiger charge is -2.21. The SMILES string of the molecule is ClCCC1CCN(c2ncnc3c2CCCCC3)C1. The fourth-order valence-corrected chi connectivity index (χ4v) is 3.68. The van der Waals surface area contributed by atoms with Gasteiger partial charge in [-0.25, -0.2) is 9.97 Å². The van der Waals surface area contributed by atoms with Crippen LogP contribution < -0.4 is 4.90 Å². The lowest BCUT2D eigenvalue weighted by Crippen LogP contribution is -2.23. The zero-order valence-electron chi connectivity index (χ0n) is 11.4. The van der Waals surface area contributed by atoms with E-state index in [1.807, 2.05) is 0 Å². The molecule has 1 unspecified atom stereocenters. The maximum atomic E-state index is 5.87. The van der Waals surface area contributed by atoms with Crippen LogP contribution in [0.15, 0.2) is 6.33 Å². The maximum Gasteiger partial charge on any atom is 0.135 e. The van der Waals surface area contributed by atoms with E-state index in [9.17, 15) is 0 Å². The highest BCUT2D eigenvalue weighted by atomic mass is 35.5. The number of hydrogen-bond donors (Lipinski definition) is 0. The largest absolute Gasteiger partial charge is 0.356 e. The highest BCUT2D eigenvalue weighted by Crippen LogP contribution is 2.30. The molecule has 0 aromatic carbocycles. The van der Waals surface area contributed by atoms with Crippen molar-refractivity contribution in [1.82, 2.24) is 9.97 Å². The highest BCUT2D eigenvalue weighted by molar-refractivity contribution is 6.17. The second-order valence-corrected chi connectivity index (χ2v) is 6.14. The molecule has 0 bridgehead atoms. The lowest BCUT2D eigenvalue weighted by atomic mass is 10.1. The summed E-state index contributed by atoms with van der Waals surface area (Å²) in [6.07, 6.45) is 10.3. The number of hydrogen-bond acceptors (Lipinski definition) is 3. The molecular weight excluding hydrogens is 258 g/mol. The standard InChI is InChI=1S/C15H22ClN3/c16-8-6-12-7-9-19(10-12)15-13-4-2-1-3-5-14(13)17-11-18-15/h11-12H,1-10H2. The summed E-state index contributed by atoms with van der Waals surface area (Å²) in [4.78, 5) is 11.6. The van der Waals surface area contributed by atoms with Crippen LogP contribution in [0.4, 0.5) is 5.82 Å². The van der Waals surface area contributed by atoms with Crippen LogP contribution >= 0.6 is 11.6 Å².